The Morgan fingerprint density at radius 2 is 1.72 bits per heavy atom. The summed E-state index contributed by atoms with van der Waals surface area (Å²) in [6.45, 7) is -2.08. The molecule has 0 saturated carbocycles. The second kappa shape index (κ2) is 9.56. The molecule has 0 bridgehead atoms. The van der Waals surface area contributed by atoms with Gasteiger partial charge < -0.3 is 20.5 Å². The first-order valence-electron chi connectivity index (χ1n) is 10.2. The van der Waals surface area contributed by atoms with Crippen LogP contribution in [0.3, 0.4) is 0 Å². The Kier molecular flexibility index (Phi) is 7.22. The molecule has 0 radical (unpaired) electrons. The van der Waals surface area contributed by atoms with Crippen LogP contribution in [0.25, 0.3) is 0 Å². The standard InChI is InChI=1S/C22H18F8N2O4/c1-8-14(10-4-6-13(24)15(25)16(10)35-20(26)27)17(36-21(8,2)22(28,29)30)19(34)32-9-3-5-12(23)11(7-9)18(31)33/h3-8,14,17,20H,1-2H3,(H2,31,33)(H,32,34)/t8-,14-,17-,21+/m1/s1. The Balaban J connectivity index is 2.11. The molecule has 2 aromatic rings. The van der Waals surface area contributed by atoms with Crippen LogP contribution in [0.15, 0.2) is 30.3 Å². The van der Waals surface area contributed by atoms with Gasteiger partial charge in [-0.1, -0.05) is 13.0 Å². The largest absolute Gasteiger partial charge is 0.431 e. The fourth-order valence-electron chi connectivity index (χ4n) is 4.05. The quantitative estimate of drug-likeness (QED) is 0.525. The number of alkyl halides is 5. The number of carbonyl (C=O) groups is 2. The molecule has 3 N–H and O–H groups in total. The number of benzene rings is 2. The predicted molar refractivity (Wildman–Crippen MR) is 108 cm³/mol. The lowest BCUT2D eigenvalue weighted by molar-refractivity contribution is -0.272. The van der Waals surface area contributed by atoms with Crippen LogP contribution in [0.4, 0.5) is 40.8 Å². The maximum atomic E-state index is 14.4. The molecule has 1 fully saturated rings. The van der Waals surface area contributed by atoms with Gasteiger partial charge in [0.25, 0.3) is 11.8 Å². The van der Waals surface area contributed by atoms with Gasteiger partial charge >= 0.3 is 12.8 Å². The molecule has 2 amide bonds. The number of halogens is 8. The predicted octanol–water partition coefficient (Wildman–Crippen LogP) is 4.88. The van der Waals surface area contributed by atoms with Crippen molar-refractivity contribution < 1.29 is 54.2 Å². The highest BCUT2D eigenvalue weighted by Crippen LogP contribution is 2.55. The second-order valence-electron chi connectivity index (χ2n) is 8.16. The van der Waals surface area contributed by atoms with E-state index in [-0.39, 0.29) is 5.69 Å². The number of amides is 2. The third kappa shape index (κ3) is 4.81. The van der Waals surface area contributed by atoms with Gasteiger partial charge in [0, 0.05) is 23.1 Å². The number of nitrogens with two attached hydrogens (primary N) is 1. The van der Waals surface area contributed by atoms with Crippen molar-refractivity contribution in [2.24, 2.45) is 11.7 Å². The molecule has 0 aromatic heterocycles. The minimum absolute atomic E-state index is 0.264. The summed E-state index contributed by atoms with van der Waals surface area (Å²) >= 11 is 0. The highest BCUT2D eigenvalue weighted by atomic mass is 19.4. The number of primary amides is 1. The molecule has 4 atom stereocenters. The van der Waals surface area contributed by atoms with E-state index < -0.39 is 82.5 Å². The van der Waals surface area contributed by atoms with Gasteiger partial charge in [0.05, 0.1) is 5.56 Å². The number of hydrogen-bond acceptors (Lipinski definition) is 4. The first-order valence-corrected chi connectivity index (χ1v) is 10.2. The van der Waals surface area contributed by atoms with Crippen molar-refractivity contribution >= 4 is 17.5 Å². The van der Waals surface area contributed by atoms with Gasteiger partial charge in [0.1, 0.15) is 11.9 Å². The maximum Gasteiger partial charge on any atom is 0.417 e. The van der Waals surface area contributed by atoms with Crippen molar-refractivity contribution in [2.75, 3.05) is 5.32 Å². The van der Waals surface area contributed by atoms with Gasteiger partial charge in [0.15, 0.2) is 17.2 Å². The first-order chi connectivity index (χ1) is 16.6. The minimum Gasteiger partial charge on any atom is -0.431 e. The second-order valence-corrected chi connectivity index (χ2v) is 8.16. The summed E-state index contributed by atoms with van der Waals surface area (Å²) in [7, 11) is 0. The summed E-state index contributed by atoms with van der Waals surface area (Å²) in [5.41, 5.74) is 0.424. The summed E-state index contributed by atoms with van der Waals surface area (Å²) in [6, 6.07) is 3.74. The van der Waals surface area contributed by atoms with Crippen LogP contribution in [0.1, 0.15) is 35.7 Å². The van der Waals surface area contributed by atoms with Crippen molar-refractivity contribution in [3.63, 3.8) is 0 Å². The van der Waals surface area contributed by atoms with Gasteiger partial charge in [-0.2, -0.15) is 26.3 Å². The SMILES string of the molecule is C[C@@H]1[C@H](c2ccc(F)c(F)c2OC(F)F)[C@H](C(=O)Nc2ccc(F)c(C(N)=O)c2)O[C@]1(C)C(F)(F)F. The summed E-state index contributed by atoms with van der Waals surface area (Å²) in [5, 5.41) is 2.14. The Bertz CT molecular complexity index is 1190. The Morgan fingerprint density at radius 1 is 1.11 bits per heavy atom. The molecule has 1 aliphatic heterocycles. The first kappa shape index (κ1) is 27.2. The molecule has 36 heavy (non-hydrogen) atoms. The number of hydrogen-bond donors (Lipinski definition) is 2. The molecule has 0 unspecified atom stereocenters. The van der Waals surface area contributed by atoms with E-state index in [4.69, 9.17) is 10.5 Å². The van der Waals surface area contributed by atoms with Gasteiger partial charge in [-0.3, -0.25) is 9.59 Å². The van der Waals surface area contributed by atoms with E-state index in [1.54, 1.807) is 0 Å². The van der Waals surface area contributed by atoms with E-state index in [1.165, 1.54) is 0 Å². The summed E-state index contributed by atoms with van der Waals surface area (Å²) in [5.74, 6) is -11.9. The molecule has 14 heteroatoms. The van der Waals surface area contributed by atoms with Crippen LogP contribution < -0.4 is 15.8 Å². The fourth-order valence-corrected chi connectivity index (χ4v) is 4.05. The van der Waals surface area contributed by atoms with Crippen LogP contribution in [-0.2, 0) is 9.53 Å². The smallest absolute Gasteiger partial charge is 0.417 e. The average molecular weight is 526 g/mol. The fraction of sp³-hybridized carbons (Fsp3) is 0.364. The molecule has 1 heterocycles. The Hall–Kier alpha value is -3.42. The van der Waals surface area contributed by atoms with Gasteiger partial charge in [-0.05, 0) is 31.2 Å². The lowest BCUT2D eigenvalue weighted by Crippen LogP contribution is -2.47. The van der Waals surface area contributed by atoms with Crippen molar-refractivity contribution in [3.8, 4) is 5.75 Å². The molecule has 196 valence electrons. The van der Waals surface area contributed by atoms with Gasteiger partial charge in [0.2, 0.25) is 5.82 Å². The van der Waals surface area contributed by atoms with E-state index in [1.807, 2.05) is 0 Å². The zero-order valence-electron chi connectivity index (χ0n) is 18.4. The Labute approximate surface area is 198 Å². The molecule has 3 rings (SSSR count). The van der Waals surface area contributed by atoms with Gasteiger partial charge in [-0.25, -0.2) is 8.78 Å². The summed E-state index contributed by atoms with van der Waals surface area (Å²) in [4.78, 5) is 24.4. The van der Waals surface area contributed by atoms with E-state index in [0.717, 1.165) is 25.1 Å². The summed E-state index contributed by atoms with van der Waals surface area (Å²) < 4.78 is 119. The van der Waals surface area contributed by atoms with Crippen molar-refractivity contribution in [1.82, 2.24) is 0 Å². The molecular weight excluding hydrogens is 508 g/mol. The number of anilines is 1. The van der Waals surface area contributed by atoms with Crippen molar-refractivity contribution in [2.45, 2.75) is 44.3 Å². The number of nitrogens with one attached hydrogen (secondary N) is 1. The lowest BCUT2D eigenvalue weighted by Gasteiger charge is -2.32. The molecule has 1 saturated heterocycles. The molecule has 0 aliphatic carbocycles. The third-order valence-electron chi connectivity index (χ3n) is 6.07. The monoisotopic (exact) mass is 526 g/mol. The van der Waals surface area contributed by atoms with Crippen LogP contribution >= 0.6 is 0 Å². The van der Waals surface area contributed by atoms with Crippen LogP contribution in [0.2, 0.25) is 0 Å². The molecule has 0 spiro atoms. The number of rotatable bonds is 6. The van der Waals surface area contributed by atoms with Crippen molar-refractivity contribution in [1.29, 1.82) is 0 Å². The van der Waals surface area contributed by atoms with Crippen LogP contribution in [-0.4, -0.2) is 36.3 Å². The zero-order chi connectivity index (χ0) is 27.2. The van der Waals surface area contributed by atoms with Crippen LogP contribution in [0.5, 0.6) is 5.75 Å². The Morgan fingerprint density at radius 3 is 2.28 bits per heavy atom. The highest BCUT2D eigenvalue weighted by molar-refractivity contribution is 5.98. The van der Waals surface area contributed by atoms with E-state index in [9.17, 15) is 44.7 Å². The number of ether oxygens (including phenoxy) is 2. The van der Waals surface area contributed by atoms with E-state index in [2.05, 4.69) is 10.1 Å². The lowest BCUT2D eigenvalue weighted by atomic mass is 9.77. The zero-order valence-corrected chi connectivity index (χ0v) is 18.4. The molecule has 6 nitrogen and oxygen atoms in total. The normalized spacial score (nSPS) is 24.1. The summed E-state index contributed by atoms with van der Waals surface area (Å²) in [6.07, 6.45) is -7.18. The average Bonchev–Trinajstić information content (AvgIpc) is 3.04. The van der Waals surface area contributed by atoms with Gasteiger partial charge in [-0.15, -0.1) is 0 Å². The van der Waals surface area contributed by atoms with E-state index >= 15 is 0 Å². The minimum atomic E-state index is -5.09. The van der Waals surface area contributed by atoms with E-state index in [0.29, 0.717) is 19.1 Å². The van der Waals surface area contributed by atoms with Crippen molar-refractivity contribution in [3.05, 3.63) is 58.9 Å². The molecular formula is C22H18F8N2O4. The molecule has 2 aromatic carbocycles. The highest BCUT2D eigenvalue weighted by Gasteiger charge is 2.66. The maximum absolute atomic E-state index is 14.4. The number of carbonyl (C=O) groups excluding carboxylic acids is 2. The topological polar surface area (TPSA) is 90.6 Å². The van der Waals surface area contributed by atoms with Crippen LogP contribution in [0, 0.1) is 23.4 Å². The third-order valence-corrected chi connectivity index (χ3v) is 6.07. The molecule has 1 aliphatic rings.